The van der Waals surface area contributed by atoms with E-state index in [1.807, 2.05) is 66.8 Å². The predicted molar refractivity (Wildman–Crippen MR) is 236 cm³/mol. The summed E-state index contributed by atoms with van der Waals surface area (Å²) in [4.78, 5) is 41.0. The van der Waals surface area contributed by atoms with Crippen LogP contribution in [-0.2, 0) is 9.63 Å². The van der Waals surface area contributed by atoms with Gasteiger partial charge in [-0.15, -0.1) is 24.8 Å². The first-order valence-electron chi connectivity index (χ1n) is 19.8. The molecule has 2 aliphatic heterocycles. The van der Waals surface area contributed by atoms with Gasteiger partial charge < -0.3 is 29.4 Å². The summed E-state index contributed by atoms with van der Waals surface area (Å²) in [5.74, 6) is 1.74. The first-order valence-corrected chi connectivity index (χ1v) is 19.8. The number of amides is 3. The lowest BCUT2D eigenvalue weighted by atomic mass is 9.98. The SMILES string of the molecule is CCONC(=O)N1CCC(Oc2ccc(-c3ccc4nccn4c3C)cc2)CC1.Cc1c(-c2ccc(OC3CCN(C(=O)CN)CC3)cc2)ccc2cccnc12.Cl.Cl. The quantitative estimate of drug-likeness (QED) is 0.139. The molecule has 0 spiro atoms. The number of nitrogens with one attached hydrogen (secondary N) is 1. The molecule has 59 heavy (non-hydrogen) atoms. The van der Waals surface area contributed by atoms with Gasteiger partial charge in [0.1, 0.15) is 29.4 Å². The van der Waals surface area contributed by atoms with Crippen molar-refractivity contribution in [2.75, 3.05) is 39.3 Å². The number of imidazole rings is 1. The van der Waals surface area contributed by atoms with Gasteiger partial charge in [0.15, 0.2) is 0 Å². The van der Waals surface area contributed by atoms with Crippen LogP contribution < -0.4 is 20.7 Å². The minimum Gasteiger partial charge on any atom is -0.490 e. The number of hydrogen-bond acceptors (Lipinski definition) is 8. The number of likely N-dealkylation sites (tertiary alicyclic amines) is 2. The van der Waals surface area contributed by atoms with Crippen LogP contribution in [0.4, 0.5) is 4.79 Å². The molecule has 12 nitrogen and oxygen atoms in total. The minimum atomic E-state index is -0.181. The molecule has 2 fully saturated rings. The topological polar surface area (TPSA) is 137 Å². The van der Waals surface area contributed by atoms with Gasteiger partial charge in [0.25, 0.3) is 0 Å². The van der Waals surface area contributed by atoms with Crippen LogP contribution in [0.25, 0.3) is 38.8 Å². The number of hydroxylamine groups is 1. The summed E-state index contributed by atoms with van der Waals surface area (Å²) in [5.41, 5.74) is 16.9. The smallest absolute Gasteiger partial charge is 0.341 e. The molecule has 0 bridgehead atoms. The number of nitrogens with zero attached hydrogens (tertiary/aromatic N) is 5. The molecule has 3 amide bonds. The molecule has 2 saturated heterocycles. The van der Waals surface area contributed by atoms with E-state index < -0.39 is 0 Å². The van der Waals surface area contributed by atoms with Crippen molar-refractivity contribution in [2.45, 2.75) is 58.7 Å². The first-order chi connectivity index (χ1) is 27.8. The maximum Gasteiger partial charge on any atom is 0.341 e. The van der Waals surface area contributed by atoms with Crippen molar-refractivity contribution in [3.63, 3.8) is 0 Å². The summed E-state index contributed by atoms with van der Waals surface area (Å²) in [6, 6.07) is 28.7. The number of carbonyl (C=O) groups is 2. The van der Waals surface area contributed by atoms with Crippen LogP contribution in [-0.4, -0.2) is 87.6 Å². The Bertz CT molecular complexity index is 2290. The van der Waals surface area contributed by atoms with Crippen molar-refractivity contribution in [2.24, 2.45) is 5.73 Å². The summed E-state index contributed by atoms with van der Waals surface area (Å²) in [7, 11) is 0. The highest BCUT2D eigenvalue weighted by molar-refractivity contribution is 5.88. The number of benzene rings is 3. The standard InChI is InChI=1S/C23H25N3O2.C22H26N4O3.2ClH/c1-16-21(9-6-18-3-2-12-25-23(16)18)17-4-7-19(8-5-17)28-20-10-13-26(14-11-20)22(27)15-24;1-3-28-24-22(27)25-13-10-19(11-14-25)29-18-6-4-17(5-7-18)20-8-9-21-23-12-15-26(21)16(20)2;;/h2-9,12,20H,10-11,13-15,24H2,1H3;4-9,12,15,19H,3,10-11,13-14H2,1-2H3,(H,24,27);2*1H. The van der Waals surface area contributed by atoms with E-state index in [0.717, 1.165) is 70.6 Å². The van der Waals surface area contributed by atoms with Crippen molar-refractivity contribution >= 4 is 53.3 Å². The number of aryl methyl sites for hydroxylation is 2. The van der Waals surface area contributed by atoms with Crippen molar-refractivity contribution in [1.82, 2.24) is 29.6 Å². The van der Waals surface area contributed by atoms with E-state index in [2.05, 4.69) is 82.2 Å². The van der Waals surface area contributed by atoms with Crippen molar-refractivity contribution in [1.29, 1.82) is 0 Å². The molecule has 0 saturated carbocycles. The van der Waals surface area contributed by atoms with E-state index in [0.29, 0.717) is 32.8 Å². The lowest BCUT2D eigenvalue weighted by molar-refractivity contribution is -0.131. The summed E-state index contributed by atoms with van der Waals surface area (Å²) in [6.45, 7) is 9.33. The monoisotopic (exact) mass is 841 g/mol. The third-order valence-electron chi connectivity index (χ3n) is 10.8. The fourth-order valence-electron chi connectivity index (χ4n) is 7.58. The summed E-state index contributed by atoms with van der Waals surface area (Å²) >= 11 is 0. The van der Waals surface area contributed by atoms with Crippen LogP contribution in [0.2, 0.25) is 0 Å². The van der Waals surface area contributed by atoms with Crippen LogP contribution in [0.3, 0.4) is 0 Å². The Labute approximate surface area is 357 Å². The number of halogens is 2. The van der Waals surface area contributed by atoms with Gasteiger partial charge in [0, 0.05) is 87.1 Å². The van der Waals surface area contributed by atoms with Gasteiger partial charge in [0.05, 0.1) is 18.7 Å². The summed E-state index contributed by atoms with van der Waals surface area (Å²) in [5, 5.41) is 1.16. The number of carbonyl (C=O) groups excluding carboxylic acids is 2. The lowest BCUT2D eigenvalue weighted by Gasteiger charge is -2.32. The molecular formula is C45H53Cl2N7O5. The second-order valence-corrected chi connectivity index (χ2v) is 14.4. The fourth-order valence-corrected chi connectivity index (χ4v) is 7.58. The Hall–Kier alpha value is -5.40. The molecule has 3 aromatic heterocycles. The second kappa shape index (κ2) is 21.0. The molecule has 3 N–H and O–H groups in total. The maximum atomic E-state index is 11.9. The predicted octanol–water partition coefficient (Wildman–Crippen LogP) is 8.20. The minimum absolute atomic E-state index is 0. The van der Waals surface area contributed by atoms with E-state index in [1.165, 1.54) is 16.7 Å². The molecule has 5 heterocycles. The van der Waals surface area contributed by atoms with Gasteiger partial charge >= 0.3 is 6.03 Å². The molecule has 6 aromatic rings. The van der Waals surface area contributed by atoms with Crippen LogP contribution in [0.5, 0.6) is 11.5 Å². The molecule has 312 valence electrons. The Morgan fingerprint density at radius 2 is 1.31 bits per heavy atom. The van der Waals surface area contributed by atoms with E-state index >= 15 is 0 Å². The molecule has 0 aliphatic carbocycles. The molecule has 0 unspecified atom stereocenters. The molecule has 3 aromatic carbocycles. The van der Waals surface area contributed by atoms with Crippen LogP contribution >= 0.6 is 24.8 Å². The Balaban J connectivity index is 0.000000217. The zero-order valence-electron chi connectivity index (χ0n) is 33.7. The van der Waals surface area contributed by atoms with Gasteiger partial charge in [-0.3, -0.25) is 14.6 Å². The van der Waals surface area contributed by atoms with E-state index in [9.17, 15) is 9.59 Å². The van der Waals surface area contributed by atoms with Crippen LogP contribution in [0, 0.1) is 13.8 Å². The van der Waals surface area contributed by atoms with Crippen LogP contribution in [0.1, 0.15) is 43.9 Å². The number of hydrogen-bond donors (Lipinski definition) is 2. The fraction of sp³-hybridized carbons (Fsp3) is 0.333. The van der Waals surface area contributed by atoms with Crippen molar-refractivity contribution in [3.8, 4) is 33.8 Å². The highest BCUT2D eigenvalue weighted by Gasteiger charge is 2.25. The number of pyridine rings is 2. The molecule has 8 rings (SSSR count). The Morgan fingerprint density at radius 3 is 1.90 bits per heavy atom. The largest absolute Gasteiger partial charge is 0.490 e. The first kappa shape index (κ1) is 44.7. The number of nitrogens with two attached hydrogens (primary N) is 1. The molecule has 2 aliphatic rings. The summed E-state index contributed by atoms with van der Waals surface area (Å²) < 4.78 is 14.4. The van der Waals surface area contributed by atoms with E-state index in [4.69, 9.17) is 20.0 Å². The normalized spacial score (nSPS) is 14.4. The van der Waals surface area contributed by atoms with Gasteiger partial charge in [-0.25, -0.2) is 15.3 Å². The number of rotatable bonds is 9. The van der Waals surface area contributed by atoms with Crippen molar-refractivity contribution in [3.05, 3.63) is 115 Å². The highest BCUT2D eigenvalue weighted by atomic mass is 35.5. The van der Waals surface area contributed by atoms with Gasteiger partial charge in [-0.2, -0.15) is 0 Å². The number of ether oxygens (including phenoxy) is 2. The Kier molecular flexibility index (Phi) is 15.9. The van der Waals surface area contributed by atoms with E-state index in [-0.39, 0.29) is 55.5 Å². The van der Waals surface area contributed by atoms with Crippen molar-refractivity contribution < 1.29 is 23.9 Å². The van der Waals surface area contributed by atoms with E-state index in [1.54, 1.807) is 4.90 Å². The Morgan fingerprint density at radius 1 is 0.729 bits per heavy atom. The van der Waals surface area contributed by atoms with Gasteiger partial charge in [-0.05, 0) is 85.5 Å². The summed E-state index contributed by atoms with van der Waals surface area (Å²) in [6.07, 6.45) is 9.16. The highest BCUT2D eigenvalue weighted by Crippen LogP contribution is 2.31. The zero-order chi connectivity index (χ0) is 39.7. The number of piperidine rings is 2. The number of urea groups is 1. The van der Waals surface area contributed by atoms with Gasteiger partial charge in [0.2, 0.25) is 5.91 Å². The average Bonchev–Trinajstić information content (AvgIpc) is 3.75. The second-order valence-electron chi connectivity index (χ2n) is 14.4. The molecular weight excluding hydrogens is 789 g/mol. The third-order valence-corrected chi connectivity index (χ3v) is 10.8. The zero-order valence-corrected chi connectivity index (χ0v) is 35.3. The molecule has 0 atom stereocenters. The third kappa shape index (κ3) is 10.8. The number of aromatic nitrogens is 3. The van der Waals surface area contributed by atoms with Gasteiger partial charge in [-0.1, -0.05) is 42.5 Å². The number of fused-ring (bicyclic) bond motifs is 2. The van der Waals surface area contributed by atoms with Crippen LogP contribution in [0.15, 0.2) is 104 Å². The maximum absolute atomic E-state index is 11.9. The molecule has 14 heteroatoms. The lowest BCUT2D eigenvalue weighted by Crippen LogP contribution is -2.46. The average molecular weight is 843 g/mol. The molecule has 0 radical (unpaired) electrons.